The van der Waals surface area contributed by atoms with E-state index >= 15 is 0 Å². The first-order valence-corrected chi connectivity index (χ1v) is 7.74. The monoisotopic (exact) mass is 303 g/mol. The molecule has 2 heterocycles. The number of carbonyl (C=O) groups excluding carboxylic acids is 1. The third-order valence-electron chi connectivity index (χ3n) is 4.00. The lowest BCUT2D eigenvalue weighted by molar-refractivity contribution is -0.154. The number of esters is 1. The highest BCUT2D eigenvalue weighted by atomic mass is 32.1. The normalized spacial score (nSPS) is 24.0. The molecule has 21 heavy (non-hydrogen) atoms. The minimum Gasteiger partial charge on any atom is -0.464 e. The van der Waals surface area contributed by atoms with Gasteiger partial charge in [0.25, 0.3) is 0 Å². The van der Waals surface area contributed by atoms with Gasteiger partial charge in [-0.3, -0.25) is 0 Å². The molecular weight excluding hydrogens is 286 g/mol. The molecule has 5 heteroatoms. The molecule has 0 saturated heterocycles. The lowest BCUT2D eigenvalue weighted by atomic mass is 9.89. The molecular formula is C16H17NO3S. The number of ether oxygens (including phenoxy) is 1. The van der Waals surface area contributed by atoms with E-state index in [9.17, 15) is 9.90 Å². The van der Waals surface area contributed by atoms with Gasteiger partial charge < -0.3 is 14.7 Å². The van der Waals surface area contributed by atoms with Crippen LogP contribution in [0.15, 0.2) is 41.8 Å². The number of carbonyl (C=O) groups is 1. The highest BCUT2D eigenvalue weighted by molar-refractivity contribution is 7.10. The Morgan fingerprint density at radius 1 is 1.38 bits per heavy atom. The Morgan fingerprint density at radius 2 is 2.14 bits per heavy atom. The van der Waals surface area contributed by atoms with Crippen LogP contribution in [0.2, 0.25) is 0 Å². The lowest BCUT2D eigenvalue weighted by Crippen LogP contribution is -2.51. The van der Waals surface area contributed by atoms with E-state index in [0.717, 1.165) is 16.1 Å². The Hall–Kier alpha value is -1.85. The van der Waals surface area contributed by atoms with Crippen molar-refractivity contribution in [3.8, 4) is 0 Å². The van der Waals surface area contributed by atoms with E-state index in [-0.39, 0.29) is 6.61 Å². The number of nitrogens with zero attached hydrogens (tertiary/aromatic N) is 1. The largest absolute Gasteiger partial charge is 0.464 e. The molecule has 0 fully saturated rings. The van der Waals surface area contributed by atoms with Crippen molar-refractivity contribution in [2.24, 2.45) is 0 Å². The number of fused-ring (bicyclic) bond motifs is 1. The Morgan fingerprint density at radius 3 is 2.76 bits per heavy atom. The van der Waals surface area contributed by atoms with Gasteiger partial charge in [-0.25, -0.2) is 4.79 Å². The van der Waals surface area contributed by atoms with E-state index in [2.05, 4.69) is 0 Å². The molecule has 1 aliphatic rings. The van der Waals surface area contributed by atoms with Gasteiger partial charge in [0.2, 0.25) is 5.54 Å². The first-order chi connectivity index (χ1) is 10.1. The molecule has 2 atom stereocenters. The number of hydrogen-bond donors (Lipinski definition) is 1. The van der Waals surface area contributed by atoms with Gasteiger partial charge >= 0.3 is 5.97 Å². The predicted octanol–water partition coefficient (Wildman–Crippen LogP) is 2.69. The molecule has 1 aromatic carbocycles. The summed E-state index contributed by atoms with van der Waals surface area (Å²) in [5.41, 5.74) is 0.404. The molecule has 1 N–H and O–H groups in total. The molecule has 1 aliphatic heterocycles. The molecule has 0 saturated carbocycles. The summed E-state index contributed by atoms with van der Waals surface area (Å²) >= 11 is 1.45. The lowest BCUT2D eigenvalue weighted by Gasteiger charge is -2.36. The van der Waals surface area contributed by atoms with E-state index in [1.807, 2.05) is 53.7 Å². The van der Waals surface area contributed by atoms with Crippen LogP contribution in [0.1, 0.15) is 23.5 Å². The van der Waals surface area contributed by atoms with Gasteiger partial charge in [-0.2, -0.15) is 0 Å². The van der Waals surface area contributed by atoms with Crippen molar-refractivity contribution in [3.63, 3.8) is 0 Å². The second-order valence-corrected chi connectivity index (χ2v) is 5.93. The topological polar surface area (TPSA) is 49.8 Å². The first kappa shape index (κ1) is 14.1. The molecule has 0 amide bonds. The van der Waals surface area contributed by atoms with Crippen LogP contribution >= 0.6 is 11.3 Å². The van der Waals surface area contributed by atoms with Crippen molar-refractivity contribution < 1.29 is 14.6 Å². The number of likely N-dealkylation sites (N-methyl/N-ethyl adjacent to an activating group) is 1. The zero-order valence-electron chi connectivity index (χ0n) is 11.9. The molecule has 0 unspecified atom stereocenters. The Balaban J connectivity index is 2.21. The zero-order chi connectivity index (χ0) is 15.0. The van der Waals surface area contributed by atoms with Crippen molar-refractivity contribution in [1.29, 1.82) is 0 Å². The van der Waals surface area contributed by atoms with Crippen molar-refractivity contribution in [2.75, 3.05) is 18.6 Å². The third-order valence-corrected chi connectivity index (χ3v) is 5.00. The van der Waals surface area contributed by atoms with Crippen LogP contribution in [0.5, 0.6) is 0 Å². The highest BCUT2D eigenvalue weighted by Gasteiger charge is 2.58. The molecule has 0 aliphatic carbocycles. The van der Waals surface area contributed by atoms with Crippen LogP contribution in [-0.4, -0.2) is 24.7 Å². The first-order valence-electron chi connectivity index (χ1n) is 6.86. The number of thiophene rings is 1. The number of aliphatic hydroxyl groups is 1. The maximum atomic E-state index is 12.7. The minimum atomic E-state index is -1.20. The second-order valence-electron chi connectivity index (χ2n) is 4.98. The van der Waals surface area contributed by atoms with Gasteiger partial charge in [0.1, 0.15) is 6.10 Å². The zero-order valence-corrected chi connectivity index (χ0v) is 12.8. The molecule has 4 nitrogen and oxygen atoms in total. The third kappa shape index (κ3) is 1.81. The van der Waals surface area contributed by atoms with Gasteiger partial charge in [-0.1, -0.05) is 24.3 Å². The average molecular weight is 303 g/mol. The van der Waals surface area contributed by atoms with E-state index in [4.69, 9.17) is 4.74 Å². The molecule has 0 radical (unpaired) electrons. The quantitative estimate of drug-likeness (QED) is 0.886. The van der Waals surface area contributed by atoms with Crippen molar-refractivity contribution in [2.45, 2.75) is 18.6 Å². The fraction of sp³-hybridized carbons (Fsp3) is 0.312. The number of anilines is 1. The smallest absolute Gasteiger partial charge is 0.340 e. The molecule has 3 rings (SSSR count). The maximum Gasteiger partial charge on any atom is 0.340 e. The van der Waals surface area contributed by atoms with Gasteiger partial charge in [0, 0.05) is 23.2 Å². The van der Waals surface area contributed by atoms with Crippen molar-refractivity contribution >= 4 is 23.0 Å². The van der Waals surface area contributed by atoms with Crippen LogP contribution in [0.3, 0.4) is 0 Å². The number of rotatable bonds is 3. The fourth-order valence-corrected chi connectivity index (χ4v) is 3.98. The summed E-state index contributed by atoms with van der Waals surface area (Å²) < 4.78 is 5.29. The van der Waals surface area contributed by atoms with Crippen LogP contribution < -0.4 is 4.90 Å². The van der Waals surface area contributed by atoms with E-state index in [1.54, 1.807) is 6.92 Å². The Labute approximate surface area is 127 Å². The van der Waals surface area contributed by atoms with Gasteiger partial charge in [-0.15, -0.1) is 11.3 Å². The molecule has 110 valence electrons. The van der Waals surface area contributed by atoms with E-state index in [0.29, 0.717) is 0 Å². The minimum absolute atomic E-state index is 0.281. The molecule has 1 aromatic heterocycles. The number of aliphatic hydroxyl groups excluding tert-OH is 1. The summed E-state index contributed by atoms with van der Waals surface area (Å²) in [6.45, 7) is 2.05. The van der Waals surface area contributed by atoms with Crippen LogP contribution in [0, 0.1) is 0 Å². The summed E-state index contributed by atoms with van der Waals surface area (Å²) in [5, 5.41) is 12.8. The molecule has 0 bridgehead atoms. The maximum absolute atomic E-state index is 12.7. The van der Waals surface area contributed by atoms with Gasteiger partial charge in [0.05, 0.1) is 6.61 Å². The van der Waals surface area contributed by atoms with E-state index < -0.39 is 17.6 Å². The van der Waals surface area contributed by atoms with Crippen LogP contribution in [-0.2, 0) is 15.1 Å². The standard InChI is InChI=1S/C16H17NO3S/c1-3-20-15(19)16(13-9-6-10-21-13)14(18)11-7-4-5-8-12(11)17(16)2/h4-10,14,18H,3H2,1-2H3/t14-,16-/m1/s1. The summed E-state index contributed by atoms with van der Waals surface area (Å²) in [7, 11) is 1.83. The van der Waals surface area contributed by atoms with Gasteiger partial charge in [-0.05, 0) is 24.4 Å². The average Bonchev–Trinajstić information content (AvgIpc) is 3.08. The van der Waals surface area contributed by atoms with Crippen LogP contribution in [0.25, 0.3) is 0 Å². The van der Waals surface area contributed by atoms with Crippen molar-refractivity contribution in [3.05, 3.63) is 52.2 Å². The highest BCUT2D eigenvalue weighted by Crippen LogP contribution is 2.52. The molecule has 2 aromatic rings. The summed E-state index contributed by atoms with van der Waals surface area (Å²) in [6.07, 6.45) is -0.948. The Bertz CT molecular complexity index is 624. The number of para-hydroxylation sites is 1. The fourth-order valence-electron chi connectivity index (χ4n) is 3.01. The summed E-state index contributed by atoms with van der Waals surface area (Å²) in [6, 6.07) is 11.3. The molecule has 0 spiro atoms. The summed E-state index contributed by atoms with van der Waals surface area (Å²) in [5.74, 6) is -0.418. The van der Waals surface area contributed by atoms with Gasteiger partial charge in [0.15, 0.2) is 0 Å². The van der Waals surface area contributed by atoms with Crippen LogP contribution in [0.4, 0.5) is 5.69 Å². The SMILES string of the molecule is CCOC(=O)[C@@]1(c2cccs2)[C@H](O)c2ccccc2N1C. The summed E-state index contributed by atoms with van der Waals surface area (Å²) in [4.78, 5) is 15.4. The van der Waals surface area contributed by atoms with E-state index in [1.165, 1.54) is 11.3 Å². The number of benzene rings is 1. The second kappa shape index (κ2) is 5.16. The number of hydrogen-bond acceptors (Lipinski definition) is 5. The van der Waals surface area contributed by atoms with Crippen molar-refractivity contribution in [1.82, 2.24) is 0 Å². The Kier molecular flexibility index (Phi) is 3.47. The predicted molar refractivity (Wildman–Crippen MR) is 82.4 cm³/mol.